The lowest BCUT2D eigenvalue weighted by molar-refractivity contribution is 0.166. The van der Waals surface area contributed by atoms with Crippen LogP contribution in [-0.2, 0) is 0 Å². The molecule has 0 bridgehead atoms. The van der Waals surface area contributed by atoms with Crippen LogP contribution in [0.2, 0.25) is 0 Å². The molecule has 0 amide bonds. The quantitative estimate of drug-likeness (QED) is 0.327. The van der Waals surface area contributed by atoms with Crippen LogP contribution in [0.25, 0.3) is 11.1 Å². The maximum atomic E-state index is 12.9. The highest BCUT2D eigenvalue weighted by Gasteiger charge is 2.26. The normalized spacial score (nSPS) is 18.1. The van der Waals surface area contributed by atoms with Gasteiger partial charge >= 0.3 is 0 Å². The molecule has 4 rings (SSSR count). The molecule has 0 N–H and O–H groups in total. The second-order valence-corrected chi connectivity index (χ2v) is 8.93. The van der Waals surface area contributed by atoms with Crippen LogP contribution in [0.3, 0.4) is 0 Å². The minimum absolute atomic E-state index is 0.187. The first kappa shape index (κ1) is 23.3. The molecule has 0 radical (unpaired) electrons. The molecule has 1 heterocycles. The average Bonchev–Trinajstić information content (AvgIpc) is 3.37. The van der Waals surface area contributed by atoms with Gasteiger partial charge in [-0.15, -0.1) is 0 Å². The van der Waals surface area contributed by atoms with Crippen molar-refractivity contribution in [1.29, 1.82) is 0 Å². The molecule has 1 aliphatic rings. The van der Waals surface area contributed by atoms with Crippen LogP contribution >= 0.6 is 0 Å². The van der Waals surface area contributed by atoms with Crippen molar-refractivity contribution in [2.75, 3.05) is 26.4 Å². The number of nitrogens with zero attached hydrogens (tertiary/aromatic N) is 1. The Balaban J connectivity index is 1.55. The third kappa shape index (κ3) is 5.72. The van der Waals surface area contributed by atoms with E-state index in [1.165, 1.54) is 27.8 Å². The summed E-state index contributed by atoms with van der Waals surface area (Å²) in [5.41, 5.74) is 6.26. The lowest BCUT2D eigenvalue weighted by Gasteiger charge is -2.24. The molecule has 2 nitrogen and oxygen atoms in total. The highest BCUT2D eigenvalue weighted by atomic mass is 19.1. The van der Waals surface area contributed by atoms with E-state index in [0.717, 1.165) is 31.7 Å². The standard InChI is InChI=1S/C30H34FNO/c1-3-29(25-10-6-4-7-11-25)30(26-12-8-5-9-13-26)27-14-16-28(17-15-27)33-22-23(2)32-19-18-24(20-31)21-32/h4-17,23-24H,3,18-22H2,1-2H3/b30-29+/t23-,24-/m1/s1. The van der Waals surface area contributed by atoms with E-state index in [0.29, 0.717) is 6.61 Å². The Morgan fingerprint density at radius 2 is 1.52 bits per heavy atom. The second kappa shape index (κ2) is 11.3. The van der Waals surface area contributed by atoms with Crippen LogP contribution in [0.4, 0.5) is 4.39 Å². The fourth-order valence-corrected chi connectivity index (χ4v) is 4.71. The van der Waals surface area contributed by atoms with Crippen molar-refractivity contribution in [1.82, 2.24) is 4.90 Å². The predicted octanol–water partition coefficient (Wildman–Crippen LogP) is 7.11. The van der Waals surface area contributed by atoms with Gasteiger partial charge < -0.3 is 4.74 Å². The van der Waals surface area contributed by atoms with Gasteiger partial charge in [-0.3, -0.25) is 9.29 Å². The summed E-state index contributed by atoms with van der Waals surface area (Å²) in [5.74, 6) is 1.06. The summed E-state index contributed by atoms with van der Waals surface area (Å²) in [4.78, 5) is 2.34. The van der Waals surface area contributed by atoms with Gasteiger partial charge in [0.05, 0.1) is 6.67 Å². The van der Waals surface area contributed by atoms with Crippen molar-refractivity contribution in [3.63, 3.8) is 0 Å². The summed E-state index contributed by atoms with van der Waals surface area (Å²) in [7, 11) is 0. The Hall–Kier alpha value is -2.91. The fraction of sp³-hybridized carbons (Fsp3) is 0.333. The summed E-state index contributed by atoms with van der Waals surface area (Å²) < 4.78 is 19.1. The van der Waals surface area contributed by atoms with E-state index in [4.69, 9.17) is 4.74 Å². The minimum Gasteiger partial charge on any atom is -0.492 e. The number of benzene rings is 3. The van der Waals surface area contributed by atoms with Gasteiger partial charge in [0.1, 0.15) is 12.4 Å². The minimum atomic E-state index is -0.217. The van der Waals surface area contributed by atoms with E-state index in [9.17, 15) is 4.39 Å². The van der Waals surface area contributed by atoms with Crippen LogP contribution in [-0.4, -0.2) is 37.3 Å². The molecule has 0 unspecified atom stereocenters. The maximum Gasteiger partial charge on any atom is 0.119 e. The van der Waals surface area contributed by atoms with Crippen molar-refractivity contribution in [3.05, 3.63) is 102 Å². The number of hydrogen-bond donors (Lipinski definition) is 0. The summed E-state index contributed by atoms with van der Waals surface area (Å²) in [5, 5.41) is 0. The Morgan fingerprint density at radius 1 is 0.909 bits per heavy atom. The average molecular weight is 444 g/mol. The summed E-state index contributed by atoms with van der Waals surface area (Å²) in [6.07, 6.45) is 1.89. The van der Waals surface area contributed by atoms with Crippen molar-refractivity contribution < 1.29 is 9.13 Å². The molecule has 1 aliphatic heterocycles. The number of halogens is 1. The Kier molecular flexibility index (Phi) is 7.96. The van der Waals surface area contributed by atoms with Gasteiger partial charge in [0.2, 0.25) is 0 Å². The predicted molar refractivity (Wildman–Crippen MR) is 136 cm³/mol. The molecule has 3 aromatic carbocycles. The second-order valence-electron chi connectivity index (χ2n) is 8.93. The molecule has 3 aromatic rings. The van der Waals surface area contributed by atoms with Crippen LogP contribution in [0, 0.1) is 5.92 Å². The maximum absolute atomic E-state index is 12.9. The third-order valence-corrected chi connectivity index (χ3v) is 6.63. The van der Waals surface area contributed by atoms with Crippen molar-refractivity contribution in [2.24, 2.45) is 5.92 Å². The highest BCUT2D eigenvalue weighted by molar-refractivity contribution is 5.98. The molecule has 3 heteroatoms. The Bertz CT molecular complexity index is 1030. The zero-order valence-corrected chi connectivity index (χ0v) is 19.7. The van der Waals surface area contributed by atoms with Gasteiger partial charge in [-0.05, 0) is 66.3 Å². The van der Waals surface area contributed by atoms with Crippen LogP contribution in [0.1, 0.15) is 43.4 Å². The largest absolute Gasteiger partial charge is 0.492 e. The lowest BCUT2D eigenvalue weighted by Crippen LogP contribution is -2.35. The molecule has 172 valence electrons. The van der Waals surface area contributed by atoms with Gasteiger partial charge in [0, 0.05) is 18.5 Å². The van der Waals surface area contributed by atoms with Crippen molar-refractivity contribution in [3.8, 4) is 5.75 Å². The number of likely N-dealkylation sites (tertiary alicyclic amines) is 1. The zero-order chi connectivity index (χ0) is 23.0. The van der Waals surface area contributed by atoms with E-state index >= 15 is 0 Å². The topological polar surface area (TPSA) is 12.5 Å². The first-order valence-electron chi connectivity index (χ1n) is 12.1. The molecule has 1 fully saturated rings. The molecule has 0 saturated carbocycles. The molecule has 0 aliphatic carbocycles. The molecular weight excluding hydrogens is 409 g/mol. The molecule has 33 heavy (non-hydrogen) atoms. The highest BCUT2D eigenvalue weighted by Crippen LogP contribution is 2.35. The van der Waals surface area contributed by atoms with Gasteiger partial charge in [0.15, 0.2) is 0 Å². The monoisotopic (exact) mass is 443 g/mol. The van der Waals surface area contributed by atoms with E-state index in [1.807, 2.05) is 0 Å². The van der Waals surface area contributed by atoms with E-state index < -0.39 is 0 Å². The lowest BCUT2D eigenvalue weighted by atomic mass is 9.88. The molecule has 2 atom stereocenters. The first-order chi connectivity index (χ1) is 16.2. The third-order valence-electron chi connectivity index (χ3n) is 6.63. The summed E-state index contributed by atoms with van der Waals surface area (Å²) in [6.45, 7) is 6.58. The zero-order valence-electron chi connectivity index (χ0n) is 19.7. The number of alkyl halides is 1. The van der Waals surface area contributed by atoms with Crippen LogP contribution in [0.5, 0.6) is 5.75 Å². The van der Waals surface area contributed by atoms with E-state index in [-0.39, 0.29) is 18.6 Å². The van der Waals surface area contributed by atoms with Gasteiger partial charge in [-0.1, -0.05) is 79.7 Å². The smallest absolute Gasteiger partial charge is 0.119 e. The summed E-state index contributed by atoms with van der Waals surface area (Å²) >= 11 is 0. The summed E-state index contributed by atoms with van der Waals surface area (Å²) in [6, 6.07) is 30.0. The van der Waals surface area contributed by atoms with Gasteiger partial charge in [-0.25, -0.2) is 0 Å². The first-order valence-corrected chi connectivity index (χ1v) is 12.1. The van der Waals surface area contributed by atoms with Gasteiger partial charge in [-0.2, -0.15) is 0 Å². The van der Waals surface area contributed by atoms with E-state index in [1.54, 1.807) is 0 Å². The SMILES string of the molecule is CC/C(=C(/c1ccccc1)c1ccc(OC[C@@H](C)N2CC[C@H](CF)C2)cc1)c1ccccc1. The van der Waals surface area contributed by atoms with Crippen molar-refractivity contribution >= 4 is 11.1 Å². The molecule has 0 aromatic heterocycles. The fourth-order valence-electron chi connectivity index (χ4n) is 4.71. The molecular formula is C30H34FNO. The molecule has 0 spiro atoms. The van der Waals surface area contributed by atoms with Crippen LogP contribution in [0.15, 0.2) is 84.9 Å². The number of hydrogen-bond acceptors (Lipinski definition) is 2. The van der Waals surface area contributed by atoms with Gasteiger partial charge in [0.25, 0.3) is 0 Å². The van der Waals surface area contributed by atoms with E-state index in [2.05, 4.69) is 104 Å². The Morgan fingerprint density at radius 3 is 2.09 bits per heavy atom. The van der Waals surface area contributed by atoms with Crippen molar-refractivity contribution in [2.45, 2.75) is 32.7 Å². The number of ether oxygens (including phenoxy) is 1. The number of allylic oxidation sites excluding steroid dienone is 1. The Labute approximate surface area is 197 Å². The van der Waals surface area contributed by atoms with Crippen LogP contribution < -0.4 is 4.74 Å². The molecule has 1 saturated heterocycles. The number of rotatable bonds is 9.